The summed E-state index contributed by atoms with van der Waals surface area (Å²) in [5, 5.41) is 11.5. The average molecular weight is 539 g/mol. The molecule has 1 N–H and O–H groups in total. The Labute approximate surface area is 224 Å². The first-order chi connectivity index (χ1) is 17.6. The highest BCUT2D eigenvalue weighted by Crippen LogP contribution is 2.55. The van der Waals surface area contributed by atoms with Gasteiger partial charge in [0.15, 0.2) is 11.5 Å². The highest BCUT2D eigenvalue weighted by Gasteiger charge is 2.67. The molecule has 1 aromatic rings. The van der Waals surface area contributed by atoms with Gasteiger partial charge in [-0.05, 0) is 63.8 Å². The molecule has 6 atom stereocenters. The predicted octanol–water partition coefficient (Wildman–Crippen LogP) is 4.55. The molecule has 2 aliphatic rings. The molecule has 1 aliphatic heterocycles. The number of alkyl halides is 1. The monoisotopic (exact) mass is 538 g/mol. The van der Waals surface area contributed by atoms with E-state index in [9.17, 15) is 9.90 Å². The van der Waals surface area contributed by atoms with Gasteiger partial charge in [-0.25, -0.2) is 4.79 Å². The quantitative estimate of drug-likeness (QED) is 0.144. The lowest BCUT2D eigenvalue weighted by Gasteiger charge is -2.48. The SMILES string of the molecule is COc1cc(/C=C/C(=O)O[C@@H]2CC[C@](O)(CCl)[C@@H]([C@]3(C)O[C@@H]3CC=C(C)C)[C@@H]2OC)cc(OC)c1OC. The van der Waals surface area contributed by atoms with Crippen molar-refractivity contribution in [2.45, 2.75) is 69.5 Å². The number of carbonyl (C=O) groups excluding carboxylic acids is 1. The van der Waals surface area contributed by atoms with Gasteiger partial charge in [0.2, 0.25) is 5.75 Å². The van der Waals surface area contributed by atoms with Crippen LogP contribution in [0.2, 0.25) is 0 Å². The van der Waals surface area contributed by atoms with Crippen LogP contribution in [0.3, 0.4) is 0 Å². The van der Waals surface area contributed by atoms with Crippen LogP contribution >= 0.6 is 11.6 Å². The lowest BCUT2D eigenvalue weighted by atomic mass is 9.66. The minimum Gasteiger partial charge on any atom is -0.493 e. The van der Waals surface area contributed by atoms with Crippen LogP contribution in [0.25, 0.3) is 6.08 Å². The number of epoxide rings is 1. The molecule has 3 rings (SSSR count). The molecular weight excluding hydrogens is 500 g/mol. The Balaban J connectivity index is 1.78. The molecular formula is C28H39ClO8. The van der Waals surface area contributed by atoms with Crippen LogP contribution in [0.5, 0.6) is 17.2 Å². The van der Waals surface area contributed by atoms with E-state index >= 15 is 0 Å². The van der Waals surface area contributed by atoms with Crippen molar-refractivity contribution in [3.05, 3.63) is 35.4 Å². The average Bonchev–Trinajstić information content (AvgIpc) is 3.56. The Kier molecular flexibility index (Phi) is 9.56. The maximum atomic E-state index is 12.8. The molecule has 1 saturated carbocycles. The summed E-state index contributed by atoms with van der Waals surface area (Å²) in [6.45, 7) is 6.04. The standard InChI is InChI=1S/C28H39ClO8/c1-17(2)8-10-22-27(3,37-22)26-25(35-7)19(12-13-28(26,31)16-29)36-23(30)11-9-18-14-20(32-4)24(34-6)21(15-18)33-5/h8-9,11,14-15,19,22,25-26,31H,10,12-13,16H2,1-7H3/b11-9+/t19-,22-,25-,26-,27-,28+/m1/s1. The third-order valence-corrected chi connectivity index (χ3v) is 7.80. The Hall–Kier alpha value is -2.26. The van der Waals surface area contributed by atoms with E-state index in [1.165, 1.54) is 33.0 Å². The molecule has 0 aromatic heterocycles. The fourth-order valence-corrected chi connectivity index (χ4v) is 5.68. The van der Waals surface area contributed by atoms with Crippen LogP contribution < -0.4 is 14.2 Å². The van der Waals surface area contributed by atoms with Gasteiger partial charge in [0.1, 0.15) is 17.8 Å². The van der Waals surface area contributed by atoms with Crippen LogP contribution in [0.15, 0.2) is 29.9 Å². The third kappa shape index (κ3) is 6.25. The van der Waals surface area contributed by atoms with E-state index < -0.39 is 35.3 Å². The van der Waals surface area contributed by atoms with Gasteiger partial charge in [-0.3, -0.25) is 0 Å². The summed E-state index contributed by atoms with van der Waals surface area (Å²) in [4.78, 5) is 12.8. The minimum absolute atomic E-state index is 0.0353. The topological polar surface area (TPSA) is 96.0 Å². The largest absolute Gasteiger partial charge is 0.493 e. The van der Waals surface area contributed by atoms with Crippen LogP contribution in [-0.4, -0.2) is 74.9 Å². The van der Waals surface area contributed by atoms with E-state index in [0.29, 0.717) is 35.7 Å². The van der Waals surface area contributed by atoms with Crippen molar-refractivity contribution in [2.75, 3.05) is 34.3 Å². The number of rotatable bonds is 11. The number of hydrogen-bond donors (Lipinski definition) is 1. The molecule has 8 nitrogen and oxygen atoms in total. The predicted molar refractivity (Wildman–Crippen MR) is 142 cm³/mol. The van der Waals surface area contributed by atoms with E-state index in [1.54, 1.807) is 25.3 Å². The maximum Gasteiger partial charge on any atom is 0.331 e. The number of aliphatic hydroxyl groups is 1. The number of carbonyl (C=O) groups is 1. The zero-order valence-electron chi connectivity index (χ0n) is 22.7. The van der Waals surface area contributed by atoms with Crippen molar-refractivity contribution in [1.82, 2.24) is 0 Å². The first-order valence-electron chi connectivity index (χ1n) is 12.4. The first kappa shape index (κ1) is 29.3. The highest BCUT2D eigenvalue weighted by molar-refractivity contribution is 6.18. The van der Waals surface area contributed by atoms with Crippen molar-refractivity contribution in [3.8, 4) is 17.2 Å². The Bertz CT molecular complexity index is 994. The molecule has 1 saturated heterocycles. The van der Waals surface area contributed by atoms with Gasteiger partial charge < -0.3 is 33.5 Å². The number of ether oxygens (including phenoxy) is 6. The molecule has 9 heteroatoms. The van der Waals surface area contributed by atoms with E-state index in [0.717, 1.165) is 6.42 Å². The number of methoxy groups -OCH3 is 4. The summed E-state index contributed by atoms with van der Waals surface area (Å²) in [7, 11) is 6.14. The Morgan fingerprint density at radius 1 is 1.16 bits per heavy atom. The molecule has 37 heavy (non-hydrogen) atoms. The van der Waals surface area contributed by atoms with Crippen LogP contribution in [0.1, 0.15) is 45.6 Å². The van der Waals surface area contributed by atoms with Crippen LogP contribution in [0, 0.1) is 5.92 Å². The fourth-order valence-electron chi connectivity index (χ4n) is 5.38. The third-order valence-electron chi connectivity index (χ3n) is 7.34. The summed E-state index contributed by atoms with van der Waals surface area (Å²) in [6, 6.07) is 3.47. The lowest BCUT2D eigenvalue weighted by Crippen LogP contribution is -2.61. The molecule has 2 fully saturated rings. The second-order valence-electron chi connectivity index (χ2n) is 10.0. The van der Waals surface area contributed by atoms with Gasteiger partial charge in [0.25, 0.3) is 0 Å². The Morgan fingerprint density at radius 3 is 2.32 bits per heavy atom. The number of hydrogen-bond acceptors (Lipinski definition) is 8. The van der Waals surface area contributed by atoms with Gasteiger partial charge in [-0.1, -0.05) is 11.6 Å². The zero-order chi connectivity index (χ0) is 27.4. The summed E-state index contributed by atoms with van der Waals surface area (Å²) < 4.78 is 33.9. The molecule has 1 aliphatic carbocycles. The lowest BCUT2D eigenvalue weighted by molar-refractivity contribution is -0.189. The Morgan fingerprint density at radius 2 is 1.81 bits per heavy atom. The molecule has 0 unspecified atom stereocenters. The molecule has 206 valence electrons. The molecule has 0 amide bonds. The minimum atomic E-state index is -1.20. The molecule has 1 aromatic carbocycles. The van der Waals surface area contributed by atoms with Gasteiger partial charge >= 0.3 is 5.97 Å². The molecule has 0 bridgehead atoms. The maximum absolute atomic E-state index is 12.8. The van der Waals surface area contributed by atoms with Gasteiger partial charge in [0, 0.05) is 13.2 Å². The smallest absolute Gasteiger partial charge is 0.331 e. The van der Waals surface area contributed by atoms with Crippen LogP contribution in [0.4, 0.5) is 0 Å². The summed E-state index contributed by atoms with van der Waals surface area (Å²) in [5.41, 5.74) is 0.0239. The number of allylic oxidation sites excluding steroid dienone is 1. The number of esters is 1. The van der Waals surface area contributed by atoms with Crippen molar-refractivity contribution >= 4 is 23.6 Å². The van der Waals surface area contributed by atoms with E-state index in [2.05, 4.69) is 6.08 Å². The number of benzene rings is 1. The van der Waals surface area contributed by atoms with E-state index in [4.69, 9.17) is 40.0 Å². The zero-order valence-corrected chi connectivity index (χ0v) is 23.5. The van der Waals surface area contributed by atoms with Crippen molar-refractivity contribution in [2.24, 2.45) is 5.92 Å². The normalized spacial score (nSPS) is 31.1. The highest BCUT2D eigenvalue weighted by atomic mass is 35.5. The van der Waals surface area contributed by atoms with Crippen LogP contribution in [-0.2, 0) is 19.0 Å². The van der Waals surface area contributed by atoms with Crippen molar-refractivity contribution in [1.29, 1.82) is 0 Å². The van der Waals surface area contributed by atoms with Crippen molar-refractivity contribution < 1.29 is 38.3 Å². The number of halogens is 1. The molecule has 0 radical (unpaired) electrons. The first-order valence-corrected chi connectivity index (χ1v) is 12.9. The van der Waals surface area contributed by atoms with Gasteiger partial charge in [0.05, 0.1) is 44.8 Å². The van der Waals surface area contributed by atoms with Crippen molar-refractivity contribution in [3.63, 3.8) is 0 Å². The second-order valence-corrected chi connectivity index (χ2v) is 10.3. The molecule has 0 spiro atoms. The fraction of sp³-hybridized carbons (Fsp3) is 0.607. The summed E-state index contributed by atoms with van der Waals surface area (Å²) in [6.07, 6.45) is 5.36. The molecule has 1 heterocycles. The second kappa shape index (κ2) is 12.1. The van der Waals surface area contributed by atoms with Gasteiger partial charge in [-0.2, -0.15) is 0 Å². The van der Waals surface area contributed by atoms with Gasteiger partial charge in [-0.15, -0.1) is 11.6 Å². The summed E-state index contributed by atoms with van der Waals surface area (Å²) >= 11 is 6.27. The van der Waals surface area contributed by atoms with E-state index in [-0.39, 0.29) is 12.0 Å². The van der Waals surface area contributed by atoms with E-state index in [1.807, 2.05) is 20.8 Å². The summed E-state index contributed by atoms with van der Waals surface area (Å²) in [5.74, 6) is 0.456.